The number of hydrogen-bond acceptors (Lipinski definition) is 5. The fourth-order valence-corrected chi connectivity index (χ4v) is 2.46. The lowest BCUT2D eigenvalue weighted by Crippen LogP contribution is -2.20. The second-order valence-corrected chi connectivity index (χ2v) is 5.02. The fourth-order valence-electron chi connectivity index (χ4n) is 2.46. The molecule has 24 heavy (non-hydrogen) atoms. The number of ketones is 1. The number of esters is 1. The van der Waals surface area contributed by atoms with Gasteiger partial charge in [0.15, 0.2) is 0 Å². The zero-order chi connectivity index (χ0) is 17.1. The number of fused-ring (bicyclic) bond motifs is 1. The zero-order valence-electron chi connectivity index (χ0n) is 13.4. The molecule has 3 rings (SSSR count). The highest BCUT2D eigenvalue weighted by molar-refractivity contribution is 6.41. The van der Waals surface area contributed by atoms with Crippen molar-refractivity contribution in [2.75, 3.05) is 13.7 Å². The number of hydrogen-bond donors (Lipinski definition) is 0. The number of nitrogens with zero attached hydrogens (tertiary/aromatic N) is 2. The molecule has 0 unspecified atom stereocenters. The second-order valence-electron chi connectivity index (χ2n) is 5.02. The summed E-state index contributed by atoms with van der Waals surface area (Å²) >= 11 is 0. The molecular formula is C18H16N2O4. The predicted molar refractivity (Wildman–Crippen MR) is 88.1 cm³/mol. The third kappa shape index (κ3) is 2.74. The summed E-state index contributed by atoms with van der Waals surface area (Å²) in [5.41, 5.74) is 1.92. The predicted octanol–water partition coefficient (Wildman–Crippen LogP) is 2.76. The van der Waals surface area contributed by atoms with Gasteiger partial charge in [0.25, 0.3) is 5.78 Å². The van der Waals surface area contributed by atoms with E-state index in [0.29, 0.717) is 22.7 Å². The van der Waals surface area contributed by atoms with Crippen LogP contribution >= 0.6 is 0 Å². The Bertz CT molecular complexity index is 897. The van der Waals surface area contributed by atoms with Gasteiger partial charge in [-0.1, -0.05) is 6.07 Å². The summed E-state index contributed by atoms with van der Waals surface area (Å²) in [6.45, 7) is 1.79. The Morgan fingerprint density at radius 1 is 1.12 bits per heavy atom. The Kier molecular flexibility index (Phi) is 4.29. The standard InChI is InChI=1S/C18H16N2O4/c1-3-24-18(22)17(21)16-15(12-7-9-13(23-2)10-8-12)19-14-6-4-5-11-20(14)16/h4-11H,3H2,1-2H3. The van der Waals surface area contributed by atoms with Crippen LogP contribution in [0.1, 0.15) is 17.4 Å². The highest BCUT2D eigenvalue weighted by atomic mass is 16.5. The van der Waals surface area contributed by atoms with E-state index in [1.807, 2.05) is 6.07 Å². The van der Waals surface area contributed by atoms with Crippen LogP contribution in [0.5, 0.6) is 5.75 Å². The van der Waals surface area contributed by atoms with Gasteiger partial charge in [0.1, 0.15) is 22.8 Å². The summed E-state index contributed by atoms with van der Waals surface area (Å²) in [6.07, 6.45) is 1.70. The smallest absolute Gasteiger partial charge is 0.381 e. The van der Waals surface area contributed by atoms with Crippen LogP contribution in [0.15, 0.2) is 48.7 Å². The number of Topliss-reactive ketones (excluding diaryl/α,β-unsaturated/α-hetero) is 1. The molecule has 0 aliphatic rings. The van der Waals surface area contributed by atoms with E-state index in [1.54, 1.807) is 61.0 Å². The zero-order valence-corrected chi connectivity index (χ0v) is 13.4. The molecule has 6 nitrogen and oxygen atoms in total. The molecule has 0 fully saturated rings. The summed E-state index contributed by atoms with van der Waals surface area (Å²) in [6, 6.07) is 12.5. The molecule has 6 heteroatoms. The molecule has 1 aromatic carbocycles. The normalized spacial score (nSPS) is 10.6. The van der Waals surface area contributed by atoms with Gasteiger partial charge in [-0.3, -0.25) is 9.20 Å². The SMILES string of the molecule is CCOC(=O)C(=O)c1c(-c2ccc(OC)cc2)nc2ccccn12. The van der Waals surface area contributed by atoms with Gasteiger partial charge in [-0.2, -0.15) is 0 Å². The molecule has 0 radical (unpaired) electrons. The number of aromatic nitrogens is 2. The number of methoxy groups -OCH3 is 1. The van der Waals surface area contributed by atoms with Crippen LogP contribution in [0.4, 0.5) is 0 Å². The number of carbonyl (C=O) groups excluding carboxylic acids is 2. The van der Waals surface area contributed by atoms with Gasteiger partial charge in [0, 0.05) is 11.8 Å². The molecule has 0 aliphatic heterocycles. The molecule has 0 bridgehead atoms. The molecule has 2 heterocycles. The Hall–Kier alpha value is -3.15. The molecule has 0 N–H and O–H groups in total. The maximum absolute atomic E-state index is 12.6. The molecule has 0 saturated carbocycles. The van der Waals surface area contributed by atoms with E-state index in [0.717, 1.165) is 0 Å². The van der Waals surface area contributed by atoms with Crippen LogP contribution < -0.4 is 4.74 Å². The van der Waals surface area contributed by atoms with Crippen molar-refractivity contribution in [3.8, 4) is 17.0 Å². The Morgan fingerprint density at radius 3 is 2.54 bits per heavy atom. The maximum Gasteiger partial charge on any atom is 0.381 e. The fraction of sp³-hybridized carbons (Fsp3) is 0.167. The molecule has 0 atom stereocenters. The average Bonchev–Trinajstić information content (AvgIpc) is 3.00. The maximum atomic E-state index is 12.6. The van der Waals surface area contributed by atoms with E-state index in [-0.39, 0.29) is 12.3 Å². The van der Waals surface area contributed by atoms with Crippen molar-refractivity contribution in [2.45, 2.75) is 6.92 Å². The van der Waals surface area contributed by atoms with E-state index in [1.165, 1.54) is 0 Å². The van der Waals surface area contributed by atoms with Crippen LogP contribution in [-0.2, 0) is 9.53 Å². The van der Waals surface area contributed by atoms with Gasteiger partial charge in [-0.15, -0.1) is 0 Å². The summed E-state index contributed by atoms with van der Waals surface area (Å²) in [7, 11) is 1.58. The van der Waals surface area contributed by atoms with Crippen molar-refractivity contribution >= 4 is 17.4 Å². The van der Waals surface area contributed by atoms with Crippen molar-refractivity contribution in [3.05, 3.63) is 54.4 Å². The topological polar surface area (TPSA) is 69.9 Å². The van der Waals surface area contributed by atoms with Crippen molar-refractivity contribution in [1.82, 2.24) is 9.38 Å². The number of ether oxygens (including phenoxy) is 2. The molecule has 3 aromatic rings. The lowest BCUT2D eigenvalue weighted by Gasteiger charge is -2.05. The molecular weight excluding hydrogens is 308 g/mol. The molecule has 0 saturated heterocycles. The second kappa shape index (κ2) is 6.54. The lowest BCUT2D eigenvalue weighted by molar-refractivity contribution is -0.137. The van der Waals surface area contributed by atoms with Gasteiger partial charge in [-0.05, 0) is 43.3 Å². The Labute approximate surface area is 138 Å². The quantitative estimate of drug-likeness (QED) is 0.410. The minimum Gasteiger partial charge on any atom is -0.497 e. The largest absolute Gasteiger partial charge is 0.497 e. The number of imidazole rings is 1. The van der Waals surface area contributed by atoms with Crippen molar-refractivity contribution in [2.24, 2.45) is 0 Å². The van der Waals surface area contributed by atoms with Crippen molar-refractivity contribution in [1.29, 1.82) is 0 Å². The first-order valence-corrected chi connectivity index (χ1v) is 7.48. The third-order valence-electron chi connectivity index (χ3n) is 3.57. The molecule has 2 aromatic heterocycles. The van der Waals surface area contributed by atoms with E-state index < -0.39 is 11.8 Å². The first-order valence-electron chi connectivity index (χ1n) is 7.48. The van der Waals surface area contributed by atoms with Crippen LogP contribution in [0.3, 0.4) is 0 Å². The minimum absolute atomic E-state index is 0.138. The summed E-state index contributed by atoms with van der Waals surface area (Å²) in [5.74, 6) is -0.917. The highest BCUT2D eigenvalue weighted by Crippen LogP contribution is 2.27. The van der Waals surface area contributed by atoms with Crippen LogP contribution in [0, 0.1) is 0 Å². The number of pyridine rings is 1. The van der Waals surface area contributed by atoms with Crippen LogP contribution in [-0.4, -0.2) is 34.9 Å². The molecule has 0 amide bonds. The first-order chi connectivity index (χ1) is 11.7. The van der Waals surface area contributed by atoms with Crippen molar-refractivity contribution < 1.29 is 19.1 Å². The number of rotatable bonds is 5. The van der Waals surface area contributed by atoms with E-state index in [9.17, 15) is 9.59 Å². The van der Waals surface area contributed by atoms with E-state index >= 15 is 0 Å². The molecule has 0 aliphatic carbocycles. The van der Waals surface area contributed by atoms with Gasteiger partial charge in [-0.25, -0.2) is 9.78 Å². The van der Waals surface area contributed by atoms with Gasteiger partial charge >= 0.3 is 5.97 Å². The van der Waals surface area contributed by atoms with Gasteiger partial charge in [0.05, 0.1) is 13.7 Å². The van der Waals surface area contributed by atoms with Crippen molar-refractivity contribution in [3.63, 3.8) is 0 Å². The summed E-state index contributed by atoms with van der Waals surface area (Å²) in [4.78, 5) is 29.0. The average molecular weight is 324 g/mol. The molecule has 122 valence electrons. The van der Waals surface area contributed by atoms with E-state index in [4.69, 9.17) is 9.47 Å². The first kappa shape index (κ1) is 15.7. The Balaban J connectivity index is 2.17. The lowest BCUT2D eigenvalue weighted by atomic mass is 10.1. The van der Waals surface area contributed by atoms with Crippen LogP contribution in [0.2, 0.25) is 0 Å². The summed E-state index contributed by atoms with van der Waals surface area (Å²) in [5, 5.41) is 0. The highest BCUT2D eigenvalue weighted by Gasteiger charge is 2.26. The monoisotopic (exact) mass is 324 g/mol. The number of carbonyl (C=O) groups is 2. The van der Waals surface area contributed by atoms with Crippen LogP contribution in [0.25, 0.3) is 16.9 Å². The van der Waals surface area contributed by atoms with Gasteiger partial charge in [0.2, 0.25) is 0 Å². The molecule has 0 spiro atoms. The summed E-state index contributed by atoms with van der Waals surface area (Å²) < 4.78 is 11.6. The van der Waals surface area contributed by atoms with E-state index in [2.05, 4.69) is 4.98 Å². The minimum atomic E-state index is -0.891. The van der Waals surface area contributed by atoms with Gasteiger partial charge < -0.3 is 9.47 Å². The Morgan fingerprint density at radius 2 is 1.88 bits per heavy atom. The third-order valence-corrected chi connectivity index (χ3v) is 3.57. The number of benzene rings is 1.